The standard InChI is InChI=1S/C44H47ClFN9O6/c1-43(2)41(44(3,4)42(43)61-25-6-7-30(47-5)28(45)18-25)54-23-31-36(40(54)60)48-21-34(49-31)53-12-10-24(11-13-53)22-51-14-16-52(17-15-51)33-20-27-26(19-29(33)46)38(58)55(39(27)59)32-8-9-35(56)50-37(32)57/h6-7,18-21,24,32,41-42H,8-17,22-23H2,1-4H3,(H,50,56,57). The van der Waals surface area contributed by atoms with Gasteiger partial charge in [0, 0.05) is 69.1 Å². The number of anilines is 2. The smallest absolute Gasteiger partial charge is 0.275 e. The summed E-state index contributed by atoms with van der Waals surface area (Å²) in [6.45, 7) is 21.1. The number of carbonyl (C=O) groups excluding carboxylic acids is 5. The third kappa shape index (κ3) is 6.86. The van der Waals surface area contributed by atoms with Crippen molar-refractivity contribution in [2.75, 3.05) is 55.6 Å². The number of hydrogen-bond donors (Lipinski definition) is 1. The van der Waals surface area contributed by atoms with Gasteiger partial charge in [0.25, 0.3) is 17.7 Å². The number of aromatic nitrogens is 2. The van der Waals surface area contributed by atoms with Crippen LogP contribution in [-0.4, -0.2) is 118 Å². The van der Waals surface area contributed by atoms with E-state index in [4.69, 9.17) is 27.9 Å². The van der Waals surface area contributed by atoms with Crippen molar-refractivity contribution in [1.82, 2.24) is 30.0 Å². The molecule has 318 valence electrons. The number of benzene rings is 2. The molecule has 5 aliphatic heterocycles. The molecular weight excluding hydrogens is 805 g/mol. The van der Waals surface area contributed by atoms with E-state index in [0.717, 1.165) is 49.3 Å². The van der Waals surface area contributed by atoms with Gasteiger partial charge in [-0.3, -0.25) is 39.1 Å². The van der Waals surface area contributed by atoms with Crippen molar-refractivity contribution in [3.05, 3.63) is 81.3 Å². The van der Waals surface area contributed by atoms with Crippen LogP contribution in [0.4, 0.5) is 21.6 Å². The molecule has 1 atom stereocenters. The van der Waals surface area contributed by atoms with Crippen LogP contribution in [0.15, 0.2) is 36.5 Å². The van der Waals surface area contributed by atoms with E-state index in [1.807, 2.05) is 9.80 Å². The second-order valence-electron chi connectivity index (χ2n) is 18.2. The van der Waals surface area contributed by atoms with Crippen molar-refractivity contribution in [2.24, 2.45) is 16.7 Å². The van der Waals surface area contributed by atoms with Gasteiger partial charge in [-0.05, 0) is 49.4 Å². The highest BCUT2D eigenvalue weighted by Crippen LogP contribution is 2.59. The number of imide groups is 2. The summed E-state index contributed by atoms with van der Waals surface area (Å²) in [6.07, 6.45) is 3.46. The van der Waals surface area contributed by atoms with Crippen molar-refractivity contribution in [1.29, 1.82) is 0 Å². The Labute approximate surface area is 358 Å². The molecule has 4 fully saturated rings. The highest BCUT2D eigenvalue weighted by atomic mass is 35.5. The number of carbonyl (C=O) groups is 5. The van der Waals surface area contributed by atoms with Crippen LogP contribution in [0, 0.1) is 29.1 Å². The van der Waals surface area contributed by atoms with Crippen LogP contribution in [-0.2, 0) is 16.1 Å². The predicted molar refractivity (Wildman–Crippen MR) is 222 cm³/mol. The van der Waals surface area contributed by atoms with E-state index < -0.39 is 46.3 Å². The lowest BCUT2D eigenvalue weighted by molar-refractivity contribution is -0.199. The Balaban J connectivity index is 0.775. The van der Waals surface area contributed by atoms with Gasteiger partial charge >= 0.3 is 0 Å². The van der Waals surface area contributed by atoms with Gasteiger partial charge < -0.3 is 19.4 Å². The molecule has 0 spiro atoms. The Morgan fingerprint density at radius 3 is 2.25 bits per heavy atom. The van der Waals surface area contributed by atoms with Gasteiger partial charge in [0.1, 0.15) is 29.5 Å². The van der Waals surface area contributed by atoms with Crippen molar-refractivity contribution < 1.29 is 33.1 Å². The Hall–Kier alpha value is -5.66. The number of nitrogens with one attached hydrogen (secondary N) is 1. The second kappa shape index (κ2) is 15.1. The molecule has 1 N–H and O–H groups in total. The van der Waals surface area contributed by atoms with Crippen molar-refractivity contribution in [3.63, 3.8) is 0 Å². The first-order valence-corrected chi connectivity index (χ1v) is 21.2. The number of ether oxygens (including phenoxy) is 1. The zero-order valence-corrected chi connectivity index (χ0v) is 35.3. The van der Waals surface area contributed by atoms with Crippen LogP contribution in [0.1, 0.15) is 90.3 Å². The fraction of sp³-hybridized carbons (Fsp3) is 0.500. The van der Waals surface area contributed by atoms with Crippen molar-refractivity contribution in [2.45, 2.75) is 78.1 Å². The molecule has 2 aromatic carbocycles. The van der Waals surface area contributed by atoms with Crippen LogP contribution in [0.3, 0.4) is 0 Å². The molecule has 9 rings (SSSR count). The first-order chi connectivity index (χ1) is 29.1. The topological polar surface area (TPSA) is 153 Å². The molecule has 15 nitrogen and oxygen atoms in total. The zero-order chi connectivity index (χ0) is 43.1. The number of halogens is 2. The monoisotopic (exact) mass is 851 g/mol. The minimum atomic E-state index is -1.11. The van der Waals surface area contributed by atoms with E-state index >= 15 is 4.39 Å². The summed E-state index contributed by atoms with van der Waals surface area (Å²) >= 11 is 6.30. The summed E-state index contributed by atoms with van der Waals surface area (Å²) in [5, 5.41) is 2.52. The molecule has 61 heavy (non-hydrogen) atoms. The normalized spacial score (nSPS) is 25.0. The largest absolute Gasteiger partial charge is 0.489 e. The molecule has 1 aromatic heterocycles. The third-order valence-corrected chi connectivity index (χ3v) is 14.0. The summed E-state index contributed by atoms with van der Waals surface area (Å²) in [5.74, 6) is -1.45. The lowest BCUT2D eigenvalue weighted by atomic mass is 9.49. The van der Waals surface area contributed by atoms with E-state index in [9.17, 15) is 24.0 Å². The third-order valence-electron chi connectivity index (χ3n) is 13.7. The predicted octanol–water partition coefficient (Wildman–Crippen LogP) is 5.10. The van der Waals surface area contributed by atoms with Crippen LogP contribution in [0.2, 0.25) is 5.02 Å². The van der Waals surface area contributed by atoms with Gasteiger partial charge in [0.2, 0.25) is 17.5 Å². The van der Waals surface area contributed by atoms with Crippen LogP contribution in [0.25, 0.3) is 4.85 Å². The van der Waals surface area contributed by atoms with Gasteiger partial charge in [-0.1, -0.05) is 45.4 Å². The summed E-state index contributed by atoms with van der Waals surface area (Å²) in [5.41, 5.74) is 0.901. The van der Waals surface area contributed by atoms with Crippen LogP contribution in [0.5, 0.6) is 5.75 Å². The molecule has 6 aliphatic rings. The Morgan fingerprint density at radius 2 is 1.59 bits per heavy atom. The first kappa shape index (κ1) is 40.7. The average molecular weight is 852 g/mol. The van der Waals surface area contributed by atoms with Crippen LogP contribution >= 0.6 is 11.6 Å². The molecule has 6 heterocycles. The minimum absolute atomic E-state index is 0.0110. The molecule has 17 heteroatoms. The molecule has 1 aliphatic carbocycles. The SMILES string of the molecule is [C-]#[N+]c1ccc(OC2C(C)(C)C(N3Cc4nc(N5CCC(CN6CCN(c7cc8c(cc7F)C(=O)N(C7CCC(=O)NC7=O)C8=O)CC6)CC5)cnc4C3=O)C2(C)C)cc1Cl. The maximum atomic E-state index is 15.5. The molecule has 3 saturated heterocycles. The maximum absolute atomic E-state index is 15.5. The highest BCUT2D eigenvalue weighted by Gasteiger charge is 2.67. The Kier molecular flexibility index (Phi) is 10.1. The average Bonchev–Trinajstić information content (AvgIpc) is 3.66. The highest BCUT2D eigenvalue weighted by molar-refractivity contribution is 6.33. The van der Waals surface area contributed by atoms with Gasteiger partial charge in [0.15, 0.2) is 5.69 Å². The molecule has 0 bridgehead atoms. The fourth-order valence-electron chi connectivity index (χ4n) is 11.0. The lowest BCUT2D eigenvalue weighted by Crippen LogP contribution is -2.74. The summed E-state index contributed by atoms with van der Waals surface area (Å²) < 4.78 is 22.0. The molecule has 0 radical (unpaired) electrons. The molecule has 5 amide bonds. The van der Waals surface area contributed by atoms with E-state index in [0.29, 0.717) is 66.5 Å². The summed E-state index contributed by atoms with van der Waals surface area (Å²) in [7, 11) is 0. The molecular formula is C44H47ClFN9O6. The number of nitrogens with zero attached hydrogens (tertiary/aromatic N) is 8. The second-order valence-corrected chi connectivity index (χ2v) is 18.6. The van der Waals surface area contributed by atoms with E-state index in [1.54, 1.807) is 24.4 Å². The zero-order valence-electron chi connectivity index (χ0n) is 34.5. The number of rotatable bonds is 8. The number of amides is 5. The first-order valence-electron chi connectivity index (χ1n) is 20.8. The molecule has 1 saturated carbocycles. The van der Waals surface area contributed by atoms with E-state index in [1.165, 1.54) is 6.07 Å². The van der Waals surface area contributed by atoms with E-state index in [2.05, 4.69) is 52.6 Å². The quantitative estimate of drug-likeness (QED) is 0.238. The van der Waals surface area contributed by atoms with Gasteiger partial charge in [-0.25, -0.2) is 19.2 Å². The van der Waals surface area contributed by atoms with E-state index in [-0.39, 0.29) is 47.7 Å². The Morgan fingerprint density at radius 1 is 0.902 bits per heavy atom. The number of piperidine rings is 2. The number of fused-ring (bicyclic) bond motifs is 2. The lowest BCUT2D eigenvalue weighted by Gasteiger charge is -2.65. The summed E-state index contributed by atoms with van der Waals surface area (Å²) in [6, 6.07) is 6.37. The minimum Gasteiger partial charge on any atom is -0.489 e. The Bertz CT molecular complexity index is 2410. The van der Waals surface area contributed by atoms with Gasteiger partial charge in [0.05, 0.1) is 46.8 Å². The number of piperazine rings is 1. The van der Waals surface area contributed by atoms with Crippen molar-refractivity contribution in [3.8, 4) is 5.75 Å². The summed E-state index contributed by atoms with van der Waals surface area (Å²) in [4.78, 5) is 86.8. The van der Waals surface area contributed by atoms with Gasteiger partial charge in [-0.2, -0.15) is 0 Å². The van der Waals surface area contributed by atoms with Crippen molar-refractivity contribution >= 4 is 58.3 Å². The van der Waals surface area contributed by atoms with Gasteiger partial charge in [-0.15, -0.1) is 0 Å². The number of hydrogen-bond acceptors (Lipinski definition) is 11. The fourth-order valence-corrected chi connectivity index (χ4v) is 11.3. The maximum Gasteiger partial charge on any atom is 0.275 e. The molecule has 1 unspecified atom stereocenters. The van der Waals surface area contributed by atoms with Crippen LogP contribution < -0.4 is 19.9 Å². The molecule has 3 aromatic rings.